The minimum atomic E-state index is -2.32. The smallest absolute Gasteiger partial charge is 0.251 e. The molecule has 1 aromatic heterocycles. The van der Waals surface area contributed by atoms with E-state index in [0.29, 0.717) is 37.4 Å². The van der Waals surface area contributed by atoms with Crippen LogP contribution in [0.5, 0.6) is 0 Å². The van der Waals surface area contributed by atoms with Gasteiger partial charge in [0.15, 0.2) is 5.82 Å². The maximum absolute atomic E-state index is 12.4. The van der Waals surface area contributed by atoms with Crippen LogP contribution in [-0.2, 0) is 4.79 Å². The monoisotopic (exact) mass is 335 g/mol. The van der Waals surface area contributed by atoms with Crippen molar-refractivity contribution in [1.82, 2.24) is 20.1 Å². The average Bonchev–Trinajstić information content (AvgIpc) is 3.10. The van der Waals surface area contributed by atoms with Gasteiger partial charge in [-0.3, -0.25) is 14.8 Å². The Morgan fingerprint density at radius 3 is 2.58 bits per heavy atom. The number of aromatic nitrogens is 3. The Morgan fingerprint density at radius 2 is 2.00 bits per heavy atom. The van der Waals surface area contributed by atoms with E-state index in [2.05, 4.69) is 20.5 Å². The number of amides is 1. The normalized spacial score (nSPS) is 16.5. The Kier molecular flexibility index (Phi) is 5.14. The molecule has 6 nitrogen and oxygen atoms in total. The van der Waals surface area contributed by atoms with Crippen LogP contribution >= 0.6 is 0 Å². The second-order valence-corrected chi connectivity index (χ2v) is 5.87. The van der Waals surface area contributed by atoms with Crippen LogP contribution in [0.1, 0.15) is 12.8 Å². The van der Waals surface area contributed by atoms with Crippen LogP contribution < -0.4 is 5.32 Å². The van der Waals surface area contributed by atoms with Gasteiger partial charge in [0.1, 0.15) is 6.33 Å². The number of halogens is 2. The molecule has 0 atom stereocenters. The highest BCUT2D eigenvalue weighted by Crippen LogP contribution is 2.21. The summed E-state index contributed by atoms with van der Waals surface area (Å²) in [5.74, 6) is 0.478. The highest BCUT2D eigenvalue weighted by atomic mass is 19.3. The molecule has 128 valence electrons. The summed E-state index contributed by atoms with van der Waals surface area (Å²) in [4.78, 5) is 18.1. The highest BCUT2D eigenvalue weighted by Gasteiger charge is 2.26. The van der Waals surface area contributed by atoms with Crippen molar-refractivity contribution in [3.05, 3.63) is 30.6 Å². The molecule has 8 heteroatoms. The molecule has 0 radical (unpaired) electrons. The van der Waals surface area contributed by atoms with Crippen LogP contribution in [0.3, 0.4) is 0 Å². The third-order valence-electron chi connectivity index (χ3n) is 4.20. The lowest BCUT2D eigenvalue weighted by Crippen LogP contribution is -2.40. The lowest BCUT2D eigenvalue weighted by atomic mass is 9.96. The Hall–Kier alpha value is -2.35. The largest absolute Gasteiger partial charge is 0.326 e. The van der Waals surface area contributed by atoms with Gasteiger partial charge in [0.2, 0.25) is 5.91 Å². The van der Waals surface area contributed by atoms with Crippen LogP contribution in [0.15, 0.2) is 30.6 Å². The van der Waals surface area contributed by atoms with Crippen LogP contribution in [0.4, 0.5) is 14.5 Å². The van der Waals surface area contributed by atoms with E-state index in [0.717, 1.165) is 5.56 Å². The summed E-state index contributed by atoms with van der Waals surface area (Å²) in [6.07, 6.45) is 0.327. The second kappa shape index (κ2) is 7.48. The van der Waals surface area contributed by atoms with Crippen LogP contribution in [-0.4, -0.2) is 52.0 Å². The van der Waals surface area contributed by atoms with Gasteiger partial charge in [-0.1, -0.05) is 0 Å². The molecule has 0 saturated carbocycles. The summed E-state index contributed by atoms with van der Waals surface area (Å²) in [7, 11) is 0. The molecule has 2 N–H and O–H groups in total. The number of carbonyl (C=O) groups excluding carboxylic acids is 1. The fourth-order valence-electron chi connectivity index (χ4n) is 2.87. The van der Waals surface area contributed by atoms with Gasteiger partial charge >= 0.3 is 0 Å². The van der Waals surface area contributed by atoms with Gasteiger partial charge in [0, 0.05) is 17.2 Å². The van der Waals surface area contributed by atoms with Crippen molar-refractivity contribution in [3.8, 4) is 11.4 Å². The number of likely N-dealkylation sites (tertiary alicyclic amines) is 1. The third kappa shape index (κ3) is 4.14. The van der Waals surface area contributed by atoms with Crippen molar-refractivity contribution >= 4 is 11.6 Å². The van der Waals surface area contributed by atoms with E-state index in [9.17, 15) is 13.6 Å². The summed E-state index contributed by atoms with van der Waals surface area (Å²) in [6.45, 7) is 0.858. The molecular weight excluding hydrogens is 316 g/mol. The molecule has 1 aromatic carbocycles. The molecule has 0 unspecified atom stereocenters. The minimum Gasteiger partial charge on any atom is -0.326 e. The Morgan fingerprint density at radius 1 is 1.29 bits per heavy atom. The number of alkyl halides is 2. The van der Waals surface area contributed by atoms with Crippen molar-refractivity contribution in [1.29, 1.82) is 0 Å². The minimum absolute atomic E-state index is 0.0564. The molecule has 1 aliphatic heterocycles. The van der Waals surface area contributed by atoms with Crippen molar-refractivity contribution in [2.24, 2.45) is 5.92 Å². The second-order valence-electron chi connectivity index (χ2n) is 5.87. The Balaban J connectivity index is 1.52. The number of nitrogens with zero attached hydrogens (tertiary/aromatic N) is 3. The van der Waals surface area contributed by atoms with Gasteiger partial charge < -0.3 is 5.32 Å². The van der Waals surface area contributed by atoms with Crippen LogP contribution in [0.25, 0.3) is 11.4 Å². The lowest BCUT2D eigenvalue weighted by molar-refractivity contribution is -0.121. The van der Waals surface area contributed by atoms with Crippen molar-refractivity contribution in [2.45, 2.75) is 19.3 Å². The Bertz CT molecular complexity index is 652. The number of carbonyl (C=O) groups is 1. The number of anilines is 1. The predicted molar refractivity (Wildman–Crippen MR) is 85.6 cm³/mol. The van der Waals surface area contributed by atoms with E-state index < -0.39 is 6.43 Å². The first-order chi connectivity index (χ1) is 11.6. The first-order valence-electron chi connectivity index (χ1n) is 7.89. The standard InChI is InChI=1S/C16H19F2N5O/c17-14(18)9-23-7-5-12(6-8-23)16(24)21-13-3-1-11(2-4-13)15-19-10-20-22-15/h1-4,10,12,14H,5-9H2,(H,21,24)(H,19,20,22). The van der Waals surface area contributed by atoms with Crippen molar-refractivity contribution < 1.29 is 13.6 Å². The summed E-state index contributed by atoms with van der Waals surface area (Å²) < 4.78 is 24.7. The number of aromatic amines is 1. The van der Waals surface area contributed by atoms with Gasteiger partial charge in [0.05, 0.1) is 6.54 Å². The molecule has 0 aliphatic carbocycles. The highest BCUT2D eigenvalue weighted by molar-refractivity contribution is 5.92. The molecule has 0 spiro atoms. The molecule has 2 aromatic rings. The van der Waals surface area contributed by atoms with E-state index >= 15 is 0 Å². The Labute approximate surface area is 138 Å². The number of rotatable bonds is 5. The number of hydrogen-bond acceptors (Lipinski definition) is 4. The zero-order valence-electron chi connectivity index (χ0n) is 13.1. The number of benzene rings is 1. The third-order valence-corrected chi connectivity index (χ3v) is 4.20. The lowest BCUT2D eigenvalue weighted by Gasteiger charge is -2.30. The van der Waals surface area contributed by atoms with Gasteiger partial charge in [-0.2, -0.15) is 5.10 Å². The van der Waals surface area contributed by atoms with Gasteiger partial charge in [-0.25, -0.2) is 13.8 Å². The predicted octanol–water partition coefficient (Wildman–Crippen LogP) is 2.39. The topological polar surface area (TPSA) is 73.9 Å². The number of H-pyrrole nitrogens is 1. The van der Waals surface area contributed by atoms with E-state index in [1.807, 2.05) is 24.3 Å². The van der Waals surface area contributed by atoms with Gasteiger partial charge in [-0.05, 0) is 50.2 Å². The number of nitrogens with one attached hydrogen (secondary N) is 2. The SMILES string of the molecule is O=C(Nc1ccc(-c2ncn[nH]2)cc1)C1CCN(CC(F)F)CC1. The first-order valence-corrected chi connectivity index (χ1v) is 7.89. The van der Waals surface area contributed by atoms with E-state index in [4.69, 9.17) is 0 Å². The molecule has 1 aliphatic rings. The van der Waals surface area contributed by atoms with Gasteiger partial charge in [0.25, 0.3) is 6.43 Å². The molecule has 1 fully saturated rings. The molecule has 24 heavy (non-hydrogen) atoms. The van der Waals surface area contributed by atoms with Crippen molar-refractivity contribution in [3.63, 3.8) is 0 Å². The summed E-state index contributed by atoms with van der Waals surface area (Å²) in [6, 6.07) is 7.31. The van der Waals surface area contributed by atoms with Crippen LogP contribution in [0, 0.1) is 5.92 Å². The maximum Gasteiger partial charge on any atom is 0.251 e. The molecule has 0 bridgehead atoms. The molecule has 3 rings (SSSR count). The number of piperidine rings is 1. The zero-order chi connectivity index (χ0) is 16.9. The zero-order valence-corrected chi connectivity index (χ0v) is 13.1. The number of hydrogen-bond donors (Lipinski definition) is 2. The fourth-order valence-corrected chi connectivity index (χ4v) is 2.87. The van der Waals surface area contributed by atoms with Crippen molar-refractivity contribution in [2.75, 3.05) is 25.0 Å². The summed E-state index contributed by atoms with van der Waals surface area (Å²) in [5, 5.41) is 9.46. The van der Waals surface area contributed by atoms with Crippen LogP contribution in [0.2, 0.25) is 0 Å². The quantitative estimate of drug-likeness (QED) is 0.880. The fraction of sp³-hybridized carbons (Fsp3) is 0.438. The van der Waals surface area contributed by atoms with E-state index in [1.165, 1.54) is 6.33 Å². The first kappa shape index (κ1) is 16.5. The molecule has 1 amide bonds. The average molecular weight is 335 g/mol. The van der Waals surface area contributed by atoms with Gasteiger partial charge in [-0.15, -0.1) is 0 Å². The maximum atomic E-state index is 12.4. The summed E-state index contributed by atoms with van der Waals surface area (Å²) in [5.41, 5.74) is 1.59. The van der Waals surface area contributed by atoms with E-state index in [1.54, 1.807) is 4.90 Å². The molecule has 2 heterocycles. The molecule has 1 saturated heterocycles. The summed E-state index contributed by atoms with van der Waals surface area (Å²) >= 11 is 0. The molecular formula is C16H19F2N5O. The van der Waals surface area contributed by atoms with E-state index in [-0.39, 0.29) is 18.4 Å².